The average molecular weight is 345 g/mol. The summed E-state index contributed by atoms with van der Waals surface area (Å²) in [5.74, 6) is -0.466. The van der Waals surface area contributed by atoms with E-state index in [2.05, 4.69) is 21.2 Å². The number of benzene rings is 1. The minimum absolute atomic E-state index is 0.0939. The van der Waals surface area contributed by atoms with Gasteiger partial charge in [0.15, 0.2) is 0 Å². The summed E-state index contributed by atoms with van der Waals surface area (Å²) in [6.45, 7) is 6.89. The van der Waals surface area contributed by atoms with Gasteiger partial charge in [0.25, 0.3) is 5.69 Å². The number of carbonyl (C=O) groups excluding carboxylic acids is 1. The number of rotatable bonds is 4. The summed E-state index contributed by atoms with van der Waals surface area (Å²) in [7, 11) is 0. The van der Waals surface area contributed by atoms with E-state index in [1.165, 1.54) is 6.07 Å². The third-order valence-electron chi connectivity index (χ3n) is 2.29. The van der Waals surface area contributed by atoms with Crippen molar-refractivity contribution in [3.05, 3.63) is 32.8 Å². The number of nitro benzene ring substituents is 1. The quantitative estimate of drug-likeness (QED) is 0.513. The van der Waals surface area contributed by atoms with Gasteiger partial charge in [-0.3, -0.25) is 10.1 Å². The van der Waals surface area contributed by atoms with Gasteiger partial charge in [-0.25, -0.2) is 4.79 Å². The average Bonchev–Trinajstić information content (AvgIpc) is 2.26. The Kier molecular flexibility index (Phi) is 5.10. The van der Waals surface area contributed by atoms with Crippen molar-refractivity contribution in [2.45, 2.75) is 39.3 Å². The Morgan fingerprint density at radius 1 is 1.45 bits per heavy atom. The van der Waals surface area contributed by atoms with Crippen LogP contribution in [0.3, 0.4) is 0 Å². The van der Waals surface area contributed by atoms with Crippen molar-refractivity contribution in [3.63, 3.8) is 0 Å². The van der Waals surface area contributed by atoms with Crippen LogP contribution in [0.25, 0.3) is 0 Å². The maximum Gasteiger partial charge on any atom is 0.328 e. The van der Waals surface area contributed by atoms with Crippen LogP contribution in [0.1, 0.15) is 27.7 Å². The van der Waals surface area contributed by atoms with Gasteiger partial charge in [-0.15, -0.1) is 0 Å². The number of nitrogens with zero attached hydrogens (tertiary/aromatic N) is 1. The summed E-state index contributed by atoms with van der Waals surface area (Å²) < 4.78 is 5.90. The summed E-state index contributed by atoms with van der Waals surface area (Å²) in [6.07, 6.45) is 0. The molecule has 1 atom stereocenters. The molecule has 110 valence electrons. The van der Waals surface area contributed by atoms with Crippen LogP contribution in [0, 0.1) is 10.1 Å². The number of hydrogen-bond donors (Lipinski definition) is 1. The highest BCUT2D eigenvalue weighted by Crippen LogP contribution is 2.28. The normalized spacial score (nSPS) is 12.7. The number of halogens is 1. The molecule has 6 nitrogen and oxygen atoms in total. The highest BCUT2D eigenvalue weighted by molar-refractivity contribution is 9.10. The second kappa shape index (κ2) is 6.21. The van der Waals surface area contributed by atoms with Gasteiger partial charge in [0.05, 0.1) is 4.92 Å². The molecule has 0 aromatic heterocycles. The van der Waals surface area contributed by atoms with Gasteiger partial charge in [0.1, 0.15) is 17.3 Å². The monoisotopic (exact) mass is 344 g/mol. The first-order valence-corrected chi connectivity index (χ1v) is 6.83. The van der Waals surface area contributed by atoms with Gasteiger partial charge in [-0.1, -0.05) is 15.9 Å². The standard InChI is InChI=1S/C13H17BrN2O4/c1-8(12(17)20-13(2,3)4)15-10-7-9(14)5-6-11(10)16(18)19/h5-8,15H,1-4H3. The summed E-state index contributed by atoms with van der Waals surface area (Å²) >= 11 is 3.24. The van der Waals surface area contributed by atoms with Gasteiger partial charge in [0.2, 0.25) is 0 Å². The molecule has 1 rings (SSSR count). The fourth-order valence-corrected chi connectivity index (χ4v) is 1.83. The van der Waals surface area contributed by atoms with Gasteiger partial charge in [-0.05, 0) is 39.8 Å². The van der Waals surface area contributed by atoms with Crippen LogP contribution in [-0.2, 0) is 9.53 Å². The van der Waals surface area contributed by atoms with E-state index >= 15 is 0 Å². The summed E-state index contributed by atoms with van der Waals surface area (Å²) in [6, 6.07) is 3.80. The maximum absolute atomic E-state index is 11.9. The van der Waals surface area contributed by atoms with Crippen molar-refractivity contribution in [1.82, 2.24) is 0 Å². The molecule has 20 heavy (non-hydrogen) atoms. The first-order chi connectivity index (χ1) is 9.10. The molecule has 1 aromatic carbocycles. The molecule has 0 spiro atoms. The molecule has 1 unspecified atom stereocenters. The van der Waals surface area contributed by atoms with Crippen molar-refractivity contribution in [1.29, 1.82) is 0 Å². The van der Waals surface area contributed by atoms with E-state index in [9.17, 15) is 14.9 Å². The molecule has 0 amide bonds. The Hall–Kier alpha value is -1.63. The minimum Gasteiger partial charge on any atom is -0.458 e. The van der Waals surface area contributed by atoms with Crippen LogP contribution in [0.2, 0.25) is 0 Å². The Balaban J connectivity index is 2.90. The lowest BCUT2D eigenvalue weighted by molar-refractivity contribution is -0.384. The van der Waals surface area contributed by atoms with Crippen LogP contribution in [0.4, 0.5) is 11.4 Å². The van der Waals surface area contributed by atoms with Crippen LogP contribution < -0.4 is 5.32 Å². The molecule has 0 heterocycles. The minimum atomic E-state index is -0.692. The largest absolute Gasteiger partial charge is 0.458 e. The summed E-state index contributed by atoms with van der Waals surface area (Å²) in [5, 5.41) is 13.8. The molecule has 0 bridgehead atoms. The molecule has 0 radical (unpaired) electrons. The van der Waals surface area contributed by atoms with E-state index in [-0.39, 0.29) is 11.4 Å². The number of esters is 1. The van der Waals surface area contributed by atoms with Gasteiger partial charge in [0, 0.05) is 10.5 Å². The molecule has 7 heteroatoms. The van der Waals surface area contributed by atoms with E-state index < -0.39 is 22.5 Å². The first kappa shape index (κ1) is 16.4. The Labute approximate surface area is 125 Å². The zero-order valence-electron chi connectivity index (χ0n) is 11.8. The van der Waals surface area contributed by atoms with Gasteiger partial charge >= 0.3 is 5.97 Å². The van der Waals surface area contributed by atoms with E-state index in [1.807, 2.05) is 0 Å². The third kappa shape index (κ3) is 4.80. The predicted molar refractivity (Wildman–Crippen MR) is 79.7 cm³/mol. The first-order valence-electron chi connectivity index (χ1n) is 6.03. The van der Waals surface area contributed by atoms with Gasteiger partial charge < -0.3 is 10.1 Å². The lowest BCUT2D eigenvalue weighted by atomic mass is 10.2. The Morgan fingerprint density at radius 3 is 2.55 bits per heavy atom. The number of hydrogen-bond acceptors (Lipinski definition) is 5. The number of anilines is 1. The second-order valence-electron chi connectivity index (χ2n) is 5.32. The van der Waals surface area contributed by atoms with Crippen molar-refractivity contribution in [3.8, 4) is 0 Å². The Bertz CT molecular complexity index is 526. The van der Waals surface area contributed by atoms with E-state index in [4.69, 9.17) is 4.74 Å². The molecule has 0 aliphatic rings. The highest BCUT2D eigenvalue weighted by atomic mass is 79.9. The van der Waals surface area contributed by atoms with E-state index in [0.717, 1.165) is 0 Å². The molecule has 0 fully saturated rings. The third-order valence-corrected chi connectivity index (χ3v) is 2.78. The zero-order valence-corrected chi connectivity index (χ0v) is 13.4. The number of nitro groups is 1. The van der Waals surface area contributed by atoms with Gasteiger partial charge in [-0.2, -0.15) is 0 Å². The number of carbonyl (C=O) groups is 1. The topological polar surface area (TPSA) is 81.5 Å². The smallest absolute Gasteiger partial charge is 0.328 e. The molecule has 0 aliphatic carbocycles. The van der Waals surface area contributed by atoms with Crippen molar-refractivity contribution in [2.24, 2.45) is 0 Å². The highest BCUT2D eigenvalue weighted by Gasteiger charge is 2.24. The number of ether oxygens (including phenoxy) is 1. The molecule has 1 N–H and O–H groups in total. The van der Waals surface area contributed by atoms with Crippen LogP contribution in [-0.4, -0.2) is 22.5 Å². The van der Waals surface area contributed by atoms with Crippen LogP contribution in [0.5, 0.6) is 0 Å². The predicted octanol–water partition coefficient (Wildman–Crippen LogP) is 3.50. The lowest BCUT2D eigenvalue weighted by Crippen LogP contribution is -2.34. The number of nitrogens with one attached hydrogen (secondary N) is 1. The van der Waals surface area contributed by atoms with Crippen molar-refractivity contribution in [2.75, 3.05) is 5.32 Å². The lowest BCUT2D eigenvalue weighted by Gasteiger charge is -2.23. The fourth-order valence-electron chi connectivity index (χ4n) is 1.47. The van der Waals surface area contributed by atoms with Crippen LogP contribution >= 0.6 is 15.9 Å². The molecule has 0 saturated carbocycles. The SMILES string of the molecule is CC(Nc1cc(Br)ccc1[N+](=O)[O-])C(=O)OC(C)(C)C. The van der Waals surface area contributed by atoms with Crippen LogP contribution in [0.15, 0.2) is 22.7 Å². The molecule has 0 aliphatic heterocycles. The fraction of sp³-hybridized carbons (Fsp3) is 0.462. The molecule has 1 aromatic rings. The van der Waals surface area contributed by atoms with E-state index in [0.29, 0.717) is 4.47 Å². The molecule has 0 saturated heterocycles. The van der Waals surface area contributed by atoms with E-state index in [1.54, 1.807) is 39.8 Å². The second-order valence-corrected chi connectivity index (χ2v) is 6.23. The molecular formula is C13H17BrN2O4. The van der Waals surface area contributed by atoms with Crippen molar-refractivity contribution >= 4 is 33.3 Å². The van der Waals surface area contributed by atoms with Crippen molar-refractivity contribution < 1.29 is 14.5 Å². The Morgan fingerprint density at radius 2 is 2.05 bits per heavy atom. The summed E-state index contributed by atoms with van der Waals surface area (Å²) in [4.78, 5) is 22.3. The maximum atomic E-state index is 11.9. The summed E-state index contributed by atoms with van der Waals surface area (Å²) in [5.41, 5.74) is -0.428. The molecular weight excluding hydrogens is 328 g/mol. The zero-order chi connectivity index (χ0) is 15.5.